The summed E-state index contributed by atoms with van der Waals surface area (Å²) in [6.07, 6.45) is -2.94. The van der Waals surface area contributed by atoms with E-state index in [-0.39, 0.29) is 10.6 Å². The minimum atomic E-state index is -4.64. The van der Waals surface area contributed by atoms with Crippen molar-refractivity contribution < 1.29 is 26.3 Å². The summed E-state index contributed by atoms with van der Waals surface area (Å²) in [6.45, 7) is 0.309. The molecule has 0 unspecified atom stereocenters. The van der Waals surface area contributed by atoms with E-state index in [9.17, 15) is 21.6 Å². The van der Waals surface area contributed by atoms with Crippen molar-refractivity contribution in [2.75, 3.05) is 18.7 Å². The van der Waals surface area contributed by atoms with Crippen LogP contribution >= 0.6 is 22.9 Å². The number of rotatable bonds is 8. The highest BCUT2D eigenvalue weighted by Gasteiger charge is 2.36. The molecule has 0 radical (unpaired) electrons. The standard InChI is InChI=1S/C24H20ClF3N2O3S2/c1-35(31,32)18-7-4-6-16(12-18)17-13-22(34-15-17)20-14-23(24(26,27)28)29-30(20)19-8-2-3-9-21(19)33-11-5-10-25/h2-4,6-9,12-15H,5,10-11H2,1H3. The average molecular weight is 541 g/mol. The molecule has 5 nitrogen and oxygen atoms in total. The zero-order chi connectivity index (χ0) is 25.2. The fourth-order valence-corrected chi connectivity index (χ4v) is 5.09. The molecule has 35 heavy (non-hydrogen) atoms. The monoisotopic (exact) mass is 540 g/mol. The molecule has 2 heterocycles. The van der Waals surface area contributed by atoms with Crippen LogP contribution in [-0.4, -0.2) is 36.9 Å². The Bertz CT molecular complexity index is 1450. The molecule has 0 atom stereocenters. The summed E-state index contributed by atoms with van der Waals surface area (Å²) < 4.78 is 71.7. The first-order chi connectivity index (χ1) is 16.6. The van der Waals surface area contributed by atoms with Gasteiger partial charge in [-0.3, -0.25) is 0 Å². The van der Waals surface area contributed by atoms with Crippen molar-refractivity contribution in [3.05, 3.63) is 71.7 Å². The SMILES string of the molecule is CS(=O)(=O)c1cccc(-c2csc(-c3cc(C(F)(F)F)nn3-c3ccccc3OCCCCl)c2)c1. The molecule has 0 N–H and O–H groups in total. The van der Waals surface area contributed by atoms with E-state index in [1.54, 1.807) is 53.9 Å². The molecular formula is C24H20ClF3N2O3S2. The number of nitrogens with zero attached hydrogens (tertiary/aromatic N) is 2. The fraction of sp³-hybridized carbons (Fsp3) is 0.208. The van der Waals surface area contributed by atoms with Crippen molar-refractivity contribution in [3.8, 4) is 33.1 Å². The second kappa shape index (κ2) is 10.0. The number of sulfone groups is 1. The highest BCUT2D eigenvalue weighted by Crippen LogP contribution is 2.39. The third-order valence-corrected chi connectivity index (χ3v) is 7.41. The highest BCUT2D eigenvalue weighted by molar-refractivity contribution is 7.90. The van der Waals surface area contributed by atoms with Crippen molar-refractivity contribution in [3.63, 3.8) is 0 Å². The van der Waals surface area contributed by atoms with Gasteiger partial charge in [0.2, 0.25) is 0 Å². The maximum absolute atomic E-state index is 13.6. The predicted octanol–water partition coefficient (Wildman–Crippen LogP) is 6.70. The quantitative estimate of drug-likeness (QED) is 0.184. The zero-order valence-electron chi connectivity index (χ0n) is 18.4. The number of halogens is 4. The minimum absolute atomic E-state index is 0.162. The second-order valence-corrected chi connectivity index (χ2v) is 11.0. The van der Waals surface area contributed by atoms with E-state index in [4.69, 9.17) is 16.3 Å². The number of hydrogen-bond acceptors (Lipinski definition) is 5. The van der Waals surface area contributed by atoms with E-state index < -0.39 is 21.7 Å². The summed E-state index contributed by atoms with van der Waals surface area (Å²) in [4.78, 5) is 0.693. The van der Waals surface area contributed by atoms with E-state index in [1.807, 2.05) is 0 Å². The Kier molecular flexibility index (Phi) is 7.25. The van der Waals surface area contributed by atoms with Crippen molar-refractivity contribution in [2.24, 2.45) is 0 Å². The number of benzene rings is 2. The van der Waals surface area contributed by atoms with Gasteiger partial charge >= 0.3 is 6.18 Å². The largest absolute Gasteiger partial charge is 0.491 e. The first-order valence-electron chi connectivity index (χ1n) is 10.4. The minimum Gasteiger partial charge on any atom is -0.491 e. The third kappa shape index (κ3) is 5.71. The van der Waals surface area contributed by atoms with Gasteiger partial charge in [-0.15, -0.1) is 22.9 Å². The van der Waals surface area contributed by atoms with Crippen LogP contribution in [0.1, 0.15) is 12.1 Å². The first-order valence-corrected chi connectivity index (χ1v) is 13.7. The number of aromatic nitrogens is 2. The number of para-hydroxylation sites is 2. The van der Waals surface area contributed by atoms with E-state index >= 15 is 0 Å². The summed E-state index contributed by atoms with van der Waals surface area (Å²) in [5.74, 6) is 0.777. The fourth-order valence-electron chi connectivity index (χ4n) is 3.40. The summed E-state index contributed by atoms with van der Waals surface area (Å²) >= 11 is 6.95. The van der Waals surface area contributed by atoms with Crippen LogP contribution < -0.4 is 4.74 Å². The lowest BCUT2D eigenvalue weighted by molar-refractivity contribution is -0.141. The smallest absolute Gasteiger partial charge is 0.435 e. The lowest BCUT2D eigenvalue weighted by atomic mass is 10.1. The first kappa shape index (κ1) is 25.3. The summed E-state index contributed by atoms with van der Waals surface area (Å²) in [5, 5.41) is 5.63. The number of alkyl halides is 4. The highest BCUT2D eigenvalue weighted by atomic mass is 35.5. The molecule has 184 valence electrons. The van der Waals surface area contributed by atoms with Gasteiger partial charge in [0, 0.05) is 12.1 Å². The van der Waals surface area contributed by atoms with Gasteiger partial charge in [-0.05, 0) is 59.3 Å². The number of ether oxygens (including phenoxy) is 1. The third-order valence-electron chi connectivity index (χ3n) is 5.08. The topological polar surface area (TPSA) is 61.2 Å². The molecule has 2 aromatic carbocycles. The Hall–Kier alpha value is -2.82. The van der Waals surface area contributed by atoms with Crippen molar-refractivity contribution in [2.45, 2.75) is 17.5 Å². The molecule has 0 amide bonds. The molecule has 0 saturated heterocycles. The molecule has 0 saturated carbocycles. The van der Waals surface area contributed by atoms with Gasteiger partial charge in [-0.2, -0.15) is 18.3 Å². The summed E-state index contributed by atoms with van der Waals surface area (Å²) in [7, 11) is -3.41. The lowest BCUT2D eigenvalue weighted by Gasteiger charge is -2.13. The van der Waals surface area contributed by atoms with E-state index in [2.05, 4.69) is 5.10 Å². The van der Waals surface area contributed by atoms with Crippen molar-refractivity contribution >= 4 is 32.8 Å². The number of thiophene rings is 1. The van der Waals surface area contributed by atoms with Gasteiger partial charge in [-0.1, -0.05) is 24.3 Å². The molecule has 0 aliphatic heterocycles. The van der Waals surface area contributed by atoms with E-state index in [1.165, 1.54) is 22.1 Å². The van der Waals surface area contributed by atoms with Gasteiger partial charge in [0.05, 0.1) is 22.1 Å². The van der Waals surface area contributed by atoms with Crippen LogP contribution in [0.25, 0.3) is 27.4 Å². The Labute approximate surface area is 209 Å². The predicted molar refractivity (Wildman–Crippen MR) is 131 cm³/mol. The van der Waals surface area contributed by atoms with Crippen LogP contribution in [0.2, 0.25) is 0 Å². The van der Waals surface area contributed by atoms with Gasteiger partial charge in [0.25, 0.3) is 0 Å². The Morgan fingerprint density at radius 1 is 1.06 bits per heavy atom. The Morgan fingerprint density at radius 2 is 1.83 bits per heavy atom. The zero-order valence-corrected chi connectivity index (χ0v) is 20.8. The Balaban J connectivity index is 1.80. The summed E-state index contributed by atoms with van der Waals surface area (Å²) in [6, 6.07) is 15.9. The number of hydrogen-bond donors (Lipinski definition) is 0. The molecule has 2 aromatic heterocycles. The van der Waals surface area contributed by atoms with E-state index in [0.717, 1.165) is 12.3 Å². The maximum Gasteiger partial charge on any atom is 0.435 e. The van der Waals surface area contributed by atoms with E-state index in [0.29, 0.717) is 46.3 Å². The molecular weight excluding hydrogens is 521 g/mol. The summed E-state index contributed by atoms with van der Waals surface area (Å²) in [5.41, 5.74) is 0.894. The van der Waals surface area contributed by atoms with Crippen LogP contribution in [0.5, 0.6) is 5.75 Å². The molecule has 0 spiro atoms. The molecule has 11 heteroatoms. The molecule has 0 aliphatic carbocycles. The molecule has 0 bridgehead atoms. The molecule has 4 aromatic rings. The van der Waals surface area contributed by atoms with Gasteiger partial charge < -0.3 is 4.74 Å². The van der Waals surface area contributed by atoms with Crippen molar-refractivity contribution in [1.29, 1.82) is 0 Å². The lowest BCUT2D eigenvalue weighted by Crippen LogP contribution is -2.08. The molecule has 0 aliphatic rings. The molecule has 0 fully saturated rings. The average Bonchev–Trinajstić information content (AvgIpc) is 3.47. The van der Waals surface area contributed by atoms with Crippen LogP contribution in [0.4, 0.5) is 13.2 Å². The van der Waals surface area contributed by atoms with Crippen LogP contribution in [0.3, 0.4) is 0 Å². The normalized spacial score (nSPS) is 12.1. The van der Waals surface area contributed by atoms with Crippen LogP contribution in [0.15, 0.2) is 70.9 Å². The van der Waals surface area contributed by atoms with Gasteiger partial charge in [0.15, 0.2) is 15.5 Å². The van der Waals surface area contributed by atoms with Crippen LogP contribution in [-0.2, 0) is 16.0 Å². The van der Waals surface area contributed by atoms with Crippen molar-refractivity contribution in [1.82, 2.24) is 9.78 Å². The van der Waals surface area contributed by atoms with Crippen LogP contribution in [0, 0.1) is 0 Å². The maximum atomic E-state index is 13.6. The molecule has 4 rings (SSSR count). The van der Waals surface area contributed by atoms with Gasteiger partial charge in [-0.25, -0.2) is 13.1 Å². The Morgan fingerprint density at radius 3 is 2.54 bits per heavy atom. The second-order valence-electron chi connectivity index (χ2n) is 7.68. The van der Waals surface area contributed by atoms with Gasteiger partial charge in [0.1, 0.15) is 11.4 Å².